The van der Waals surface area contributed by atoms with Crippen LogP contribution in [0.15, 0.2) is 23.7 Å². The molecule has 1 amide bonds. The summed E-state index contributed by atoms with van der Waals surface area (Å²) in [5.74, 6) is -1.58. The number of carbonyl (C=O) groups excluding carboxylic acids is 1. The van der Waals surface area contributed by atoms with Crippen molar-refractivity contribution in [1.82, 2.24) is 5.32 Å². The van der Waals surface area contributed by atoms with Gasteiger partial charge in [-0.15, -0.1) is 0 Å². The van der Waals surface area contributed by atoms with Crippen LogP contribution in [0.4, 0.5) is 4.39 Å². The van der Waals surface area contributed by atoms with Gasteiger partial charge < -0.3 is 11.1 Å². The van der Waals surface area contributed by atoms with Crippen molar-refractivity contribution in [2.24, 2.45) is 5.73 Å². The second-order valence-corrected chi connectivity index (χ2v) is 2.19. The fourth-order valence-corrected chi connectivity index (χ4v) is 0.493. The van der Waals surface area contributed by atoms with E-state index in [-0.39, 0.29) is 0 Å². The SMILES string of the molecule is CC/C(N)=C\C=C(/F)C(=O)NC. The standard InChI is InChI=1S/C8H13FN2O/c1-3-6(10)4-5-7(9)8(12)11-2/h4-5H,3,10H2,1-2H3,(H,11,12)/b6-4+,7-5-. The first-order valence-electron chi connectivity index (χ1n) is 3.65. The van der Waals surface area contributed by atoms with E-state index in [1.165, 1.54) is 13.1 Å². The number of rotatable bonds is 3. The van der Waals surface area contributed by atoms with Gasteiger partial charge >= 0.3 is 0 Å². The van der Waals surface area contributed by atoms with Crippen LogP contribution in [0, 0.1) is 0 Å². The summed E-state index contributed by atoms with van der Waals surface area (Å²) in [5.41, 5.74) is 5.92. The Morgan fingerprint density at radius 3 is 2.58 bits per heavy atom. The van der Waals surface area contributed by atoms with Crippen molar-refractivity contribution in [3.8, 4) is 0 Å². The van der Waals surface area contributed by atoms with Crippen molar-refractivity contribution in [3.63, 3.8) is 0 Å². The highest BCUT2D eigenvalue weighted by molar-refractivity contribution is 5.91. The third-order valence-electron chi connectivity index (χ3n) is 1.30. The van der Waals surface area contributed by atoms with E-state index in [0.29, 0.717) is 12.1 Å². The molecule has 0 rings (SSSR count). The van der Waals surface area contributed by atoms with Gasteiger partial charge in [-0.1, -0.05) is 6.92 Å². The normalized spacial score (nSPS) is 12.9. The lowest BCUT2D eigenvalue weighted by Gasteiger charge is -1.94. The maximum atomic E-state index is 12.6. The Morgan fingerprint density at radius 1 is 1.58 bits per heavy atom. The minimum absolute atomic E-state index is 0.536. The van der Waals surface area contributed by atoms with Crippen molar-refractivity contribution in [2.75, 3.05) is 7.05 Å². The second kappa shape index (κ2) is 5.35. The molecule has 0 unspecified atom stereocenters. The molecule has 3 nitrogen and oxygen atoms in total. The second-order valence-electron chi connectivity index (χ2n) is 2.19. The predicted octanol–water partition coefficient (Wildman–Crippen LogP) is 0.838. The molecule has 0 saturated carbocycles. The number of amides is 1. The molecule has 0 aromatic carbocycles. The fraction of sp³-hybridized carbons (Fsp3) is 0.375. The average Bonchev–Trinajstić information content (AvgIpc) is 2.11. The molecule has 0 bridgehead atoms. The van der Waals surface area contributed by atoms with Crippen LogP contribution in [0.2, 0.25) is 0 Å². The Kier molecular flexibility index (Phi) is 4.76. The van der Waals surface area contributed by atoms with Crippen LogP contribution < -0.4 is 11.1 Å². The topological polar surface area (TPSA) is 55.1 Å². The third-order valence-corrected chi connectivity index (χ3v) is 1.30. The smallest absolute Gasteiger partial charge is 0.279 e. The maximum absolute atomic E-state index is 12.6. The molecule has 0 spiro atoms. The molecule has 0 aromatic heterocycles. The molecular weight excluding hydrogens is 159 g/mol. The minimum Gasteiger partial charge on any atom is -0.402 e. The molecule has 3 N–H and O–H groups in total. The quantitative estimate of drug-likeness (QED) is 0.489. The number of halogens is 1. The molecule has 4 heteroatoms. The molecule has 68 valence electrons. The molecule has 0 aliphatic carbocycles. The van der Waals surface area contributed by atoms with Crippen LogP contribution in [-0.2, 0) is 4.79 Å². The monoisotopic (exact) mass is 172 g/mol. The van der Waals surface area contributed by atoms with E-state index in [4.69, 9.17) is 5.73 Å². The van der Waals surface area contributed by atoms with Gasteiger partial charge in [0.2, 0.25) is 0 Å². The number of nitrogens with one attached hydrogen (secondary N) is 1. The van der Waals surface area contributed by atoms with Crippen molar-refractivity contribution >= 4 is 5.91 Å². The van der Waals surface area contributed by atoms with E-state index < -0.39 is 11.7 Å². The number of nitrogens with two attached hydrogens (primary N) is 1. The van der Waals surface area contributed by atoms with Gasteiger partial charge in [0.25, 0.3) is 5.91 Å². The summed E-state index contributed by atoms with van der Waals surface area (Å²) in [4.78, 5) is 10.6. The largest absolute Gasteiger partial charge is 0.402 e. The van der Waals surface area contributed by atoms with Crippen LogP contribution in [-0.4, -0.2) is 13.0 Å². The first-order valence-corrected chi connectivity index (χ1v) is 3.65. The lowest BCUT2D eigenvalue weighted by molar-refractivity contribution is -0.118. The molecule has 0 atom stereocenters. The summed E-state index contributed by atoms with van der Waals surface area (Å²) >= 11 is 0. The number of allylic oxidation sites excluding steroid dienone is 3. The van der Waals surface area contributed by atoms with E-state index in [1.54, 1.807) is 0 Å². The summed E-state index contributed by atoms with van der Waals surface area (Å²) in [6, 6.07) is 0. The Hall–Kier alpha value is -1.32. The molecule has 0 saturated heterocycles. The zero-order valence-corrected chi connectivity index (χ0v) is 7.23. The van der Waals surface area contributed by atoms with Gasteiger partial charge in [0.15, 0.2) is 5.83 Å². The van der Waals surface area contributed by atoms with E-state index in [9.17, 15) is 9.18 Å². The summed E-state index contributed by atoms with van der Waals surface area (Å²) in [5, 5.41) is 2.15. The molecule has 0 aliphatic heterocycles. The molecule has 0 aliphatic rings. The van der Waals surface area contributed by atoms with Gasteiger partial charge in [0, 0.05) is 12.7 Å². The van der Waals surface area contributed by atoms with E-state index in [2.05, 4.69) is 5.32 Å². The Balaban J connectivity index is 4.27. The Morgan fingerprint density at radius 2 is 2.17 bits per heavy atom. The van der Waals surface area contributed by atoms with Crippen molar-refractivity contribution in [3.05, 3.63) is 23.7 Å². The zero-order valence-electron chi connectivity index (χ0n) is 7.23. The van der Waals surface area contributed by atoms with Crippen LogP contribution in [0.25, 0.3) is 0 Å². The zero-order chi connectivity index (χ0) is 9.56. The van der Waals surface area contributed by atoms with Gasteiger partial charge in [0.05, 0.1) is 0 Å². The number of hydrogen-bond acceptors (Lipinski definition) is 2. The molecule has 0 fully saturated rings. The number of likely N-dealkylation sites (N-methyl/N-ethyl adjacent to an activating group) is 1. The molecule has 0 radical (unpaired) electrons. The number of hydrogen-bond donors (Lipinski definition) is 2. The lowest BCUT2D eigenvalue weighted by atomic mass is 10.3. The summed E-state index contributed by atoms with van der Waals surface area (Å²) in [7, 11) is 1.36. The molecule has 12 heavy (non-hydrogen) atoms. The highest BCUT2D eigenvalue weighted by atomic mass is 19.1. The highest BCUT2D eigenvalue weighted by Gasteiger charge is 2.02. The van der Waals surface area contributed by atoms with Gasteiger partial charge in [-0.05, 0) is 18.6 Å². The van der Waals surface area contributed by atoms with E-state index >= 15 is 0 Å². The van der Waals surface area contributed by atoms with Crippen molar-refractivity contribution in [2.45, 2.75) is 13.3 Å². The molecule has 0 heterocycles. The lowest BCUT2D eigenvalue weighted by Crippen LogP contribution is -2.17. The van der Waals surface area contributed by atoms with Crippen molar-refractivity contribution < 1.29 is 9.18 Å². The van der Waals surface area contributed by atoms with Crippen LogP contribution >= 0.6 is 0 Å². The fourth-order valence-electron chi connectivity index (χ4n) is 0.493. The third kappa shape index (κ3) is 3.75. The first kappa shape index (κ1) is 10.7. The minimum atomic E-state index is -0.839. The molecule has 0 aromatic rings. The van der Waals surface area contributed by atoms with Gasteiger partial charge in [-0.25, -0.2) is 4.39 Å². The van der Waals surface area contributed by atoms with E-state index in [1.807, 2.05) is 6.92 Å². The Labute approximate surface area is 71.1 Å². The predicted molar refractivity (Wildman–Crippen MR) is 45.8 cm³/mol. The van der Waals surface area contributed by atoms with Gasteiger partial charge in [-0.3, -0.25) is 4.79 Å². The first-order chi connectivity index (χ1) is 5.61. The van der Waals surface area contributed by atoms with Crippen LogP contribution in [0.1, 0.15) is 13.3 Å². The van der Waals surface area contributed by atoms with Gasteiger partial charge in [0.1, 0.15) is 0 Å². The average molecular weight is 172 g/mol. The van der Waals surface area contributed by atoms with E-state index in [0.717, 1.165) is 6.08 Å². The maximum Gasteiger partial charge on any atom is 0.279 e. The summed E-state index contributed by atoms with van der Waals surface area (Å²) in [6.45, 7) is 1.84. The number of carbonyl (C=O) groups is 1. The summed E-state index contributed by atoms with van der Waals surface area (Å²) < 4.78 is 12.6. The van der Waals surface area contributed by atoms with Crippen LogP contribution in [0.3, 0.4) is 0 Å². The Bertz CT molecular complexity index is 221. The molecular formula is C8H13FN2O. The summed E-state index contributed by atoms with van der Waals surface area (Å²) in [6.07, 6.45) is 3.07. The van der Waals surface area contributed by atoms with Gasteiger partial charge in [-0.2, -0.15) is 0 Å². The van der Waals surface area contributed by atoms with Crippen molar-refractivity contribution in [1.29, 1.82) is 0 Å². The highest BCUT2D eigenvalue weighted by Crippen LogP contribution is 1.98. The van der Waals surface area contributed by atoms with Crippen LogP contribution in [0.5, 0.6) is 0 Å².